The molecule has 0 aliphatic carbocycles. The van der Waals surface area contributed by atoms with Gasteiger partial charge < -0.3 is 12.8 Å². The normalized spacial score (nSPS) is 6.33. The van der Waals surface area contributed by atoms with Crippen LogP contribution in [0.15, 0.2) is 30.3 Å². The van der Waals surface area contributed by atoms with E-state index in [-0.39, 0.29) is 17.1 Å². The van der Waals surface area contributed by atoms with Crippen LogP contribution in [0.2, 0.25) is 0 Å². The predicted octanol–water partition coefficient (Wildman–Crippen LogP) is 3.86. The minimum atomic E-state index is 0. The van der Waals surface area contributed by atoms with E-state index in [0.717, 1.165) is 0 Å². The summed E-state index contributed by atoms with van der Waals surface area (Å²) >= 11 is 0. The molecule has 1 aromatic rings. The van der Waals surface area contributed by atoms with Crippen LogP contribution in [0.3, 0.4) is 0 Å². The zero-order chi connectivity index (χ0) is 8.95. The van der Waals surface area contributed by atoms with Crippen LogP contribution in [0, 0.1) is 12.8 Å². The monoisotopic (exact) mass is 207 g/mol. The van der Waals surface area contributed by atoms with E-state index in [1.165, 1.54) is 0 Å². The Bertz CT molecular complexity index is 80.5. The first-order valence-electron chi connectivity index (χ1n) is 3.98. The summed E-state index contributed by atoms with van der Waals surface area (Å²) in [6.45, 7) is 8.00. The van der Waals surface area contributed by atoms with Crippen LogP contribution in [-0.4, -0.2) is 0 Å². The van der Waals surface area contributed by atoms with Crippen molar-refractivity contribution < 1.29 is 17.1 Å². The van der Waals surface area contributed by atoms with E-state index in [0.29, 0.717) is 0 Å². The Morgan fingerprint density at radius 3 is 1.17 bits per heavy atom. The van der Waals surface area contributed by atoms with E-state index in [1.54, 1.807) is 0 Å². The summed E-state index contributed by atoms with van der Waals surface area (Å²) in [6.07, 6.45) is 4.00. The number of hydrogen-bond acceptors (Lipinski definition) is 0. The maximum Gasteiger partial charge on any atom is 3.00 e. The van der Waals surface area contributed by atoms with Crippen LogP contribution in [-0.2, 0) is 17.1 Å². The molecule has 0 nitrogen and oxygen atoms in total. The fraction of sp³-hybridized carbons (Fsp3) is 0.364. The molecule has 0 heterocycles. The molecule has 1 rings (SSSR count). The predicted molar refractivity (Wildman–Crippen MR) is 53.3 cm³/mol. The van der Waals surface area contributed by atoms with Crippen LogP contribution >= 0.6 is 0 Å². The molecule has 0 saturated carbocycles. The van der Waals surface area contributed by atoms with Crippen LogP contribution in [0.1, 0.15) is 27.7 Å². The summed E-state index contributed by atoms with van der Waals surface area (Å²) in [5.74, 6) is 0. The van der Waals surface area contributed by atoms with Crippen LogP contribution in [0.4, 0.5) is 0 Å². The molecule has 0 unspecified atom stereocenters. The van der Waals surface area contributed by atoms with Crippen LogP contribution in [0.25, 0.3) is 0 Å². The van der Waals surface area contributed by atoms with Crippen molar-refractivity contribution in [3.8, 4) is 0 Å². The maximum atomic E-state index is 2.00. The number of hydrogen-bond donors (Lipinski definition) is 0. The van der Waals surface area contributed by atoms with Gasteiger partial charge in [-0.25, -0.2) is 12.1 Å². The molecule has 71 valence electrons. The molecule has 0 aliphatic heterocycles. The standard InChI is InChI=1S/C5H5.2C3H7.Fe/c1-2-4-5-3-1;2*1-3-2;/h1-5H;2*3H,1-2H3;/q3*-1;+3. The molecule has 0 N–H and O–H groups in total. The summed E-state index contributed by atoms with van der Waals surface area (Å²) in [6, 6.07) is 10.0. The molecule has 0 fully saturated rings. The zero-order valence-electron chi connectivity index (χ0n) is 8.40. The Hall–Kier alpha value is -0.131. The van der Waals surface area contributed by atoms with Gasteiger partial charge in [0, 0.05) is 0 Å². The van der Waals surface area contributed by atoms with Crippen molar-refractivity contribution in [2.45, 2.75) is 27.7 Å². The zero-order valence-corrected chi connectivity index (χ0v) is 9.50. The summed E-state index contributed by atoms with van der Waals surface area (Å²) in [4.78, 5) is 0. The Kier molecular flexibility index (Phi) is 33.3. The van der Waals surface area contributed by atoms with E-state index in [2.05, 4.69) is 0 Å². The molecule has 1 radical (unpaired) electrons. The molecule has 0 atom stereocenters. The first kappa shape index (κ1) is 17.8. The van der Waals surface area contributed by atoms with Gasteiger partial charge in [-0.1, -0.05) is 0 Å². The second kappa shape index (κ2) is 22.4. The Labute approximate surface area is 88.2 Å². The average molecular weight is 207 g/mol. The minimum Gasteiger partial charge on any atom is -0.335 e. The van der Waals surface area contributed by atoms with E-state index < -0.39 is 0 Å². The Morgan fingerprint density at radius 1 is 0.833 bits per heavy atom. The molecule has 0 aliphatic rings. The van der Waals surface area contributed by atoms with Gasteiger partial charge in [-0.05, 0) is 0 Å². The topological polar surface area (TPSA) is 0 Å². The molecule has 0 bridgehead atoms. The molecule has 0 spiro atoms. The summed E-state index contributed by atoms with van der Waals surface area (Å²) in [5.41, 5.74) is 0. The summed E-state index contributed by atoms with van der Waals surface area (Å²) < 4.78 is 0. The molecular formula is C11H19Fe. The van der Waals surface area contributed by atoms with E-state index in [4.69, 9.17) is 0 Å². The Balaban J connectivity index is -0.000000104. The van der Waals surface area contributed by atoms with E-state index >= 15 is 0 Å². The summed E-state index contributed by atoms with van der Waals surface area (Å²) in [7, 11) is 0. The quantitative estimate of drug-likeness (QED) is 0.447. The molecule has 0 saturated heterocycles. The van der Waals surface area contributed by atoms with Crippen molar-refractivity contribution >= 4 is 0 Å². The largest absolute Gasteiger partial charge is 3.00 e. The molecule has 0 amide bonds. The summed E-state index contributed by atoms with van der Waals surface area (Å²) in [5, 5.41) is 0. The second-order valence-electron chi connectivity index (χ2n) is 2.12. The van der Waals surface area contributed by atoms with Gasteiger partial charge in [0.1, 0.15) is 0 Å². The molecule has 1 heteroatoms. The molecular weight excluding hydrogens is 188 g/mol. The molecule has 12 heavy (non-hydrogen) atoms. The van der Waals surface area contributed by atoms with Crippen molar-refractivity contribution in [1.82, 2.24) is 0 Å². The van der Waals surface area contributed by atoms with Crippen molar-refractivity contribution in [2.75, 3.05) is 0 Å². The fourth-order valence-corrected chi connectivity index (χ4v) is 0.321. The van der Waals surface area contributed by atoms with Gasteiger partial charge >= 0.3 is 17.1 Å². The van der Waals surface area contributed by atoms with Gasteiger partial charge in [0.25, 0.3) is 0 Å². The number of rotatable bonds is 0. The van der Waals surface area contributed by atoms with Gasteiger partial charge in [0.05, 0.1) is 0 Å². The first-order chi connectivity index (χ1) is 5.33. The smallest absolute Gasteiger partial charge is 0.335 e. The van der Waals surface area contributed by atoms with Crippen molar-refractivity contribution in [3.63, 3.8) is 0 Å². The first-order valence-corrected chi connectivity index (χ1v) is 3.98. The fourth-order valence-electron chi connectivity index (χ4n) is 0.321. The third-order valence-corrected chi connectivity index (χ3v) is 0.556. The van der Waals surface area contributed by atoms with Gasteiger partial charge in [0.15, 0.2) is 0 Å². The third kappa shape index (κ3) is 32.7. The molecule has 0 aromatic heterocycles. The van der Waals surface area contributed by atoms with Gasteiger partial charge in [-0.15, -0.1) is 0 Å². The minimum absolute atomic E-state index is 0. The van der Waals surface area contributed by atoms with E-state index in [9.17, 15) is 0 Å². The van der Waals surface area contributed by atoms with Crippen LogP contribution in [0.5, 0.6) is 0 Å². The third-order valence-electron chi connectivity index (χ3n) is 0.556. The maximum absolute atomic E-state index is 2.00. The van der Waals surface area contributed by atoms with Crippen LogP contribution < -0.4 is 0 Å². The van der Waals surface area contributed by atoms with Crippen molar-refractivity contribution in [2.24, 2.45) is 0 Å². The molecule has 1 aromatic carbocycles. The van der Waals surface area contributed by atoms with E-state index in [1.807, 2.05) is 70.9 Å². The van der Waals surface area contributed by atoms with Gasteiger partial charge in [0.2, 0.25) is 0 Å². The van der Waals surface area contributed by atoms with Crippen molar-refractivity contribution in [3.05, 3.63) is 43.2 Å². The SMILES string of the molecule is C[CH-]C.C[CH-]C.[Fe+3].c1cc[cH-]c1. The second-order valence-corrected chi connectivity index (χ2v) is 2.12. The van der Waals surface area contributed by atoms with Gasteiger partial charge in [-0.2, -0.15) is 45.9 Å². The van der Waals surface area contributed by atoms with Crippen molar-refractivity contribution in [1.29, 1.82) is 0 Å². The Morgan fingerprint density at radius 2 is 1.08 bits per heavy atom. The average Bonchev–Trinajstić information content (AvgIpc) is 2.44. The van der Waals surface area contributed by atoms with Gasteiger partial charge in [-0.3, -0.25) is 0 Å².